The summed E-state index contributed by atoms with van der Waals surface area (Å²) in [7, 11) is 0. The normalized spacial score (nSPS) is 18.9. The van der Waals surface area contributed by atoms with Crippen LogP contribution in [0.25, 0.3) is 0 Å². The van der Waals surface area contributed by atoms with Crippen molar-refractivity contribution in [1.82, 2.24) is 20.5 Å². The monoisotopic (exact) mass is 357 g/mol. The summed E-state index contributed by atoms with van der Waals surface area (Å²) in [5.41, 5.74) is 1.65. The van der Waals surface area contributed by atoms with Crippen LogP contribution in [0.15, 0.2) is 30.5 Å². The van der Waals surface area contributed by atoms with E-state index in [1.807, 2.05) is 38.1 Å². The van der Waals surface area contributed by atoms with E-state index in [2.05, 4.69) is 25.8 Å². The number of aromatic nitrogens is 3. The molecule has 0 atom stereocenters. The molecule has 2 aromatic rings. The topological polar surface area (TPSA) is 109 Å². The van der Waals surface area contributed by atoms with Crippen molar-refractivity contribution in [2.45, 2.75) is 45.3 Å². The smallest absolute Gasteiger partial charge is 0.407 e. The number of ether oxygens (including phenoxy) is 1. The van der Waals surface area contributed by atoms with E-state index >= 15 is 0 Å². The summed E-state index contributed by atoms with van der Waals surface area (Å²) in [6.45, 7) is 4.01. The number of carbonyl (C=O) groups excluding carboxylic acids is 2. The number of alkyl carbamates (subject to hydrolysis) is 1. The summed E-state index contributed by atoms with van der Waals surface area (Å²) in [5.74, 6) is 0.674. The highest BCUT2D eigenvalue weighted by molar-refractivity contribution is 5.91. The van der Waals surface area contributed by atoms with Crippen molar-refractivity contribution in [1.29, 1.82) is 0 Å². The van der Waals surface area contributed by atoms with Gasteiger partial charge >= 0.3 is 6.09 Å². The Morgan fingerprint density at radius 2 is 2.15 bits per heavy atom. The highest BCUT2D eigenvalue weighted by Gasteiger charge is 2.35. The van der Waals surface area contributed by atoms with Gasteiger partial charge in [-0.25, -0.2) is 4.79 Å². The Labute approximate surface area is 151 Å². The highest BCUT2D eigenvalue weighted by atomic mass is 16.6. The predicted octanol–water partition coefficient (Wildman–Crippen LogP) is 2.57. The molecule has 1 aliphatic rings. The van der Waals surface area contributed by atoms with Crippen LogP contribution in [0.5, 0.6) is 0 Å². The Bertz CT molecular complexity index is 753. The summed E-state index contributed by atoms with van der Waals surface area (Å²) in [5, 5.41) is 12.5. The van der Waals surface area contributed by atoms with Gasteiger partial charge < -0.3 is 15.4 Å². The number of rotatable bonds is 6. The first kappa shape index (κ1) is 17.9. The van der Waals surface area contributed by atoms with E-state index in [-0.39, 0.29) is 23.8 Å². The molecule has 26 heavy (non-hydrogen) atoms. The van der Waals surface area contributed by atoms with Crippen molar-refractivity contribution >= 4 is 17.8 Å². The third-order valence-electron chi connectivity index (χ3n) is 4.31. The van der Waals surface area contributed by atoms with Crippen LogP contribution in [0.2, 0.25) is 0 Å². The molecular formula is C18H23N5O3. The number of aromatic amines is 1. The lowest BCUT2D eigenvalue weighted by molar-refractivity contribution is -0.118. The van der Waals surface area contributed by atoms with Gasteiger partial charge in [-0.1, -0.05) is 19.9 Å². The van der Waals surface area contributed by atoms with E-state index in [9.17, 15) is 9.59 Å². The van der Waals surface area contributed by atoms with Crippen LogP contribution in [0.3, 0.4) is 0 Å². The first-order valence-electron chi connectivity index (χ1n) is 8.72. The first-order chi connectivity index (χ1) is 12.5. The maximum Gasteiger partial charge on any atom is 0.407 e. The SMILES string of the molecule is CC(C)C(=O)Nc1cc(C2CC(OC(=O)NCc3ccccn3)C2)n[nH]1. The molecular weight excluding hydrogens is 334 g/mol. The molecule has 0 saturated heterocycles. The molecule has 8 heteroatoms. The third kappa shape index (κ3) is 4.59. The van der Waals surface area contributed by atoms with E-state index in [0.29, 0.717) is 12.4 Å². The maximum atomic E-state index is 11.8. The van der Waals surface area contributed by atoms with Gasteiger partial charge in [-0.15, -0.1) is 0 Å². The Balaban J connectivity index is 1.39. The number of nitrogens with zero attached hydrogens (tertiary/aromatic N) is 2. The van der Waals surface area contributed by atoms with E-state index in [0.717, 1.165) is 24.2 Å². The number of anilines is 1. The van der Waals surface area contributed by atoms with E-state index in [1.54, 1.807) is 6.20 Å². The van der Waals surface area contributed by atoms with Crippen LogP contribution in [-0.2, 0) is 16.1 Å². The largest absolute Gasteiger partial charge is 0.446 e. The van der Waals surface area contributed by atoms with E-state index < -0.39 is 6.09 Å². The minimum Gasteiger partial charge on any atom is -0.446 e. The first-order valence-corrected chi connectivity index (χ1v) is 8.72. The van der Waals surface area contributed by atoms with Crippen molar-refractivity contribution in [3.63, 3.8) is 0 Å². The summed E-state index contributed by atoms with van der Waals surface area (Å²) < 4.78 is 5.38. The number of amides is 2. The van der Waals surface area contributed by atoms with Gasteiger partial charge in [-0.3, -0.25) is 14.9 Å². The molecule has 1 aliphatic carbocycles. The highest BCUT2D eigenvalue weighted by Crippen LogP contribution is 2.38. The molecule has 2 aromatic heterocycles. The standard InChI is InChI=1S/C18H23N5O3/c1-11(2)17(24)21-16-9-15(22-23-16)12-7-14(8-12)26-18(25)20-10-13-5-3-4-6-19-13/h3-6,9,11-12,14H,7-8,10H2,1-2H3,(H,20,25)(H2,21,22,23,24). The van der Waals surface area contributed by atoms with Crippen LogP contribution < -0.4 is 10.6 Å². The van der Waals surface area contributed by atoms with Crippen molar-refractivity contribution in [2.24, 2.45) is 5.92 Å². The Hall–Kier alpha value is -2.90. The maximum absolute atomic E-state index is 11.8. The lowest BCUT2D eigenvalue weighted by atomic mass is 9.80. The molecule has 8 nitrogen and oxygen atoms in total. The minimum atomic E-state index is -0.439. The summed E-state index contributed by atoms with van der Waals surface area (Å²) in [4.78, 5) is 27.6. The summed E-state index contributed by atoms with van der Waals surface area (Å²) in [6, 6.07) is 7.37. The number of hydrogen-bond donors (Lipinski definition) is 3. The lowest BCUT2D eigenvalue weighted by Gasteiger charge is -2.33. The average Bonchev–Trinajstić information content (AvgIpc) is 3.04. The molecule has 3 N–H and O–H groups in total. The van der Waals surface area contributed by atoms with E-state index in [4.69, 9.17) is 4.74 Å². The Kier molecular flexibility index (Phi) is 5.50. The minimum absolute atomic E-state index is 0.0559. The van der Waals surface area contributed by atoms with Gasteiger partial charge in [-0.05, 0) is 25.0 Å². The fourth-order valence-corrected chi connectivity index (χ4v) is 2.65. The lowest BCUT2D eigenvalue weighted by Crippen LogP contribution is -2.36. The van der Waals surface area contributed by atoms with Gasteiger partial charge in [0.05, 0.1) is 17.9 Å². The Morgan fingerprint density at radius 3 is 2.85 bits per heavy atom. The number of H-pyrrole nitrogens is 1. The third-order valence-corrected chi connectivity index (χ3v) is 4.31. The summed E-state index contributed by atoms with van der Waals surface area (Å²) >= 11 is 0. The van der Waals surface area contributed by atoms with Crippen molar-refractivity contribution < 1.29 is 14.3 Å². The zero-order valence-electron chi connectivity index (χ0n) is 14.9. The van der Waals surface area contributed by atoms with Gasteiger partial charge in [-0.2, -0.15) is 5.10 Å². The van der Waals surface area contributed by atoms with Crippen LogP contribution in [0.4, 0.5) is 10.6 Å². The molecule has 0 unspecified atom stereocenters. The molecule has 2 amide bonds. The molecule has 2 heterocycles. The molecule has 0 aliphatic heterocycles. The molecule has 0 radical (unpaired) electrons. The van der Waals surface area contributed by atoms with Gasteiger partial charge in [0.25, 0.3) is 0 Å². The second kappa shape index (κ2) is 7.99. The van der Waals surface area contributed by atoms with Crippen LogP contribution >= 0.6 is 0 Å². The van der Waals surface area contributed by atoms with Gasteiger partial charge in [0.2, 0.25) is 5.91 Å². The van der Waals surface area contributed by atoms with Crippen LogP contribution in [-0.4, -0.2) is 33.3 Å². The second-order valence-corrected chi connectivity index (χ2v) is 6.72. The van der Waals surface area contributed by atoms with Gasteiger partial charge in [0, 0.05) is 24.1 Å². The molecule has 3 rings (SSSR count). The van der Waals surface area contributed by atoms with Crippen molar-refractivity contribution in [2.75, 3.05) is 5.32 Å². The van der Waals surface area contributed by atoms with Gasteiger partial charge in [0.1, 0.15) is 11.9 Å². The van der Waals surface area contributed by atoms with Crippen molar-refractivity contribution in [3.8, 4) is 0 Å². The van der Waals surface area contributed by atoms with Crippen LogP contribution in [0.1, 0.15) is 44.0 Å². The fourth-order valence-electron chi connectivity index (χ4n) is 2.65. The number of pyridine rings is 1. The van der Waals surface area contributed by atoms with Crippen molar-refractivity contribution in [3.05, 3.63) is 41.9 Å². The number of hydrogen-bond acceptors (Lipinski definition) is 5. The quantitative estimate of drug-likeness (QED) is 0.736. The second-order valence-electron chi connectivity index (χ2n) is 6.72. The van der Waals surface area contributed by atoms with Crippen LogP contribution in [0, 0.1) is 5.92 Å². The molecule has 138 valence electrons. The summed E-state index contributed by atoms with van der Waals surface area (Å²) in [6.07, 6.45) is 2.57. The molecule has 1 saturated carbocycles. The fraction of sp³-hybridized carbons (Fsp3) is 0.444. The Morgan fingerprint density at radius 1 is 1.35 bits per heavy atom. The zero-order chi connectivity index (χ0) is 18.5. The average molecular weight is 357 g/mol. The number of carbonyl (C=O) groups is 2. The number of nitrogens with one attached hydrogen (secondary N) is 3. The molecule has 0 bridgehead atoms. The van der Waals surface area contributed by atoms with Gasteiger partial charge in [0.15, 0.2) is 0 Å². The molecule has 0 aromatic carbocycles. The molecule has 1 fully saturated rings. The zero-order valence-corrected chi connectivity index (χ0v) is 14.9. The van der Waals surface area contributed by atoms with E-state index in [1.165, 1.54) is 0 Å². The predicted molar refractivity (Wildman–Crippen MR) is 95.4 cm³/mol. The molecule has 0 spiro atoms.